The number of benzene rings is 2. The minimum atomic E-state index is -0.621. The SMILES string of the molecule is CC[C@@](C[N+](=O)[O-])(c1ccccc1)c1c[nH]c2ccccc12. The van der Waals surface area contributed by atoms with Crippen molar-refractivity contribution in [2.24, 2.45) is 0 Å². The summed E-state index contributed by atoms with van der Waals surface area (Å²) in [5.74, 6) is 0. The van der Waals surface area contributed by atoms with Gasteiger partial charge in [0.15, 0.2) is 0 Å². The Bertz CT molecular complexity index is 795. The van der Waals surface area contributed by atoms with Gasteiger partial charge in [0.2, 0.25) is 6.54 Å². The number of fused-ring (bicyclic) bond motifs is 1. The molecule has 0 unspecified atom stereocenters. The second kappa shape index (κ2) is 5.64. The van der Waals surface area contributed by atoms with E-state index in [1.807, 2.05) is 67.7 Å². The maximum atomic E-state index is 11.4. The molecule has 4 nitrogen and oxygen atoms in total. The average molecular weight is 294 g/mol. The summed E-state index contributed by atoms with van der Waals surface area (Å²) in [6, 6.07) is 17.7. The lowest BCUT2D eigenvalue weighted by atomic mass is 9.72. The van der Waals surface area contributed by atoms with Gasteiger partial charge in [0, 0.05) is 22.0 Å². The minimum absolute atomic E-state index is 0.116. The number of H-pyrrole nitrogens is 1. The lowest BCUT2D eigenvalue weighted by Crippen LogP contribution is -2.35. The fraction of sp³-hybridized carbons (Fsp3) is 0.222. The standard InChI is InChI=1S/C18H18N2O2/c1-2-18(13-20(21)22,14-8-4-3-5-9-14)16-12-19-17-11-7-6-10-15(16)17/h3-12,19H,2,13H2,1H3/t18-/m1/s1. The normalized spacial score (nSPS) is 13.9. The topological polar surface area (TPSA) is 58.9 Å². The summed E-state index contributed by atoms with van der Waals surface area (Å²) < 4.78 is 0. The van der Waals surface area contributed by atoms with Crippen LogP contribution in [0.25, 0.3) is 10.9 Å². The molecular weight excluding hydrogens is 276 g/mol. The predicted octanol–water partition coefficient (Wildman–Crippen LogP) is 4.14. The van der Waals surface area contributed by atoms with E-state index in [0.717, 1.165) is 22.0 Å². The zero-order chi connectivity index (χ0) is 15.6. The molecule has 0 aliphatic heterocycles. The van der Waals surface area contributed by atoms with Gasteiger partial charge in [-0.2, -0.15) is 0 Å². The molecule has 3 rings (SSSR count). The van der Waals surface area contributed by atoms with Crippen LogP contribution in [-0.4, -0.2) is 16.5 Å². The van der Waals surface area contributed by atoms with E-state index >= 15 is 0 Å². The summed E-state index contributed by atoms with van der Waals surface area (Å²) in [5, 5.41) is 12.4. The zero-order valence-electron chi connectivity index (χ0n) is 12.5. The minimum Gasteiger partial charge on any atom is -0.361 e. The third-order valence-corrected chi connectivity index (χ3v) is 4.43. The largest absolute Gasteiger partial charge is 0.361 e. The van der Waals surface area contributed by atoms with E-state index in [4.69, 9.17) is 0 Å². The number of nitrogens with zero attached hydrogens (tertiary/aromatic N) is 1. The van der Waals surface area contributed by atoms with Crippen molar-refractivity contribution < 1.29 is 4.92 Å². The van der Waals surface area contributed by atoms with Gasteiger partial charge in [-0.3, -0.25) is 10.1 Å². The highest BCUT2D eigenvalue weighted by atomic mass is 16.6. The lowest BCUT2D eigenvalue weighted by Gasteiger charge is -2.29. The smallest absolute Gasteiger partial charge is 0.217 e. The van der Waals surface area contributed by atoms with Gasteiger partial charge in [-0.15, -0.1) is 0 Å². The van der Waals surface area contributed by atoms with Gasteiger partial charge >= 0.3 is 0 Å². The highest BCUT2D eigenvalue weighted by molar-refractivity contribution is 5.85. The van der Waals surface area contributed by atoms with Crippen LogP contribution in [0.3, 0.4) is 0 Å². The van der Waals surface area contributed by atoms with Crippen LogP contribution in [0.5, 0.6) is 0 Å². The van der Waals surface area contributed by atoms with Crippen LogP contribution in [0.15, 0.2) is 60.8 Å². The van der Waals surface area contributed by atoms with Crippen LogP contribution in [-0.2, 0) is 5.41 Å². The molecule has 3 aromatic rings. The molecule has 0 aliphatic carbocycles. The molecule has 0 spiro atoms. The summed E-state index contributed by atoms with van der Waals surface area (Å²) in [6.07, 6.45) is 2.59. The Balaban J connectivity index is 2.27. The summed E-state index contributed by atoms with van der Waals surface area (Å²) in [5.41, 5.74) is 2.37. The lowest BCUT2D eigenvalue weighted by molar-refractivity contribution is -0.489. The molecule has 0 amide bonds. The van der Waals surface area contributed by atoms with Crippen LogP contribution < -0.4 is 0 Å². The fourth-order valence-electron chi connectivity index (χ4n) is 3.28. The predicted molar refractivity (Wildman–Crippen MR) is 87.7 cm³/mol. The Hall–Kier alpha value is -2.62. The van der Waals surface area contributed by atoms with Gasteiger partial charge in [-0.1, -0.05) is 55.5 Å². The van der Waals surface area contributed by atoms with E-state index < -0.39 is 5.41 Å². The molecule has 4 heteroatoms. The van der Waals surface area contributed by atoms with Crippen LogP contribution in [0, 0.1) is 10.1 Å². The molecule has 0 radical (unpaired) electrons. The molecule has 22 heavy (non-hydrogen) atoms. The van der Waals surface area contributed by atoms with Gasteiger partial charge in [-0.05, 0) is 23.6 Å². The van der Waals surface area contributed by atoms with Crippen molar-refractivity contribution in [1.29, 1.82) is 0 Å². The second-order valence-corrected chi connectivity index (χ2v) is 5.54. The molecular formula is C18H18N2O2. The van der Waals surface area contributed by atoms with Gasteiger partial charge < -0.3 is 4.98 Å². The highest BCUT2D eigenvalue weighted by Crippen LogP contribution is 2.39. The molecule has 0 bridgehead atoms. The Kier molecular flexibility index (Phi) is 3.67. The number of hydrogen-bond acceptors (Lipinski definition) is 2. The maximum Gasteiger partial charge on any atom is 0.217 e. The third kappa shape index (κ3) is 2.26. The Morgan fingerprint density at radius 1 is 1.09 bits per heavy atom. The Labute approximate surface area is 128 Å². The van der Waals surface area contributed by atoms with Gasteiger partial charge in [0.05, 0.1) is 5.41 Å². The van der Waals surface area contributed by atoms with E-state index in [1.54, 1.807) is 0 Å². The summed E-state index contributed by atoms with van der Waals surface area (Å²) in [7, 11) is 0. The first-order chi connectivity index (χ1) is 10.7. The number of aromatic nitrogens is 1. The van der Waals surface area contributed by atoms with Gasteiger partial charge in [0.25, 0.3) is 0 Å². The highest BCUT2D eigenvalue weighted by Gasteiger charge is 2.39. The molecule has 0 saturated carbocycles. The van der Waals surface area contributed by atoms with Crippen LogP contribution in [0.2, 0.25) is 0 Å². The van der Waals surface area contributed by atoms with Crippen molar-refractivity contribution in [3.8, 4) is 0 Å². The van der Waals surface area contributed by atoms with Crippen molar-refractivity contribution in [2.45, 2.75) is 18.8 Å². The van der Waals surface area contributed by atoms with Gasteiger partial charge in [-0.25, -0.2) is 0 Å². The molecule has 0 fully saturated rings. The fourth-order valence-corrected chi connectivity index (χ4v) is 3.28. The molecule has 0 saturated heterocycles. The Morgan fingerprint density at radius 2 is 1.77 bits per heavy atom. The van der Waals surface area contributed by atoms with Crippen molar-refractivity contribution in [3.05, 3.63) is 82.0 Å². The first kappa shape index (κ1) is 14.3. The monoisotopic (exact) mass is 294 g/mol. The van der Waals surface area contributed by atoms with E-state index in [9.17, 15) is 10.1 Å². The van der Waals surface area contributed by atoms with E-state index in [1.165, 1.54) is 0 Å². The number of aromatic amines is 1. The van der Waals surface area contributed by atoms with Crippen LogP contribution in [0.1, 0.15) is 24.5 Å². The van der Waals surface area contributed by atoms with Crippen LogP contribution in [0.4, 0.5) is 0 Å². The average Bonchev–Trinajstić information content (AvgIpc) is 2.98. The first-order valence-electron chi connectivity index (χ1n) is 7.41. The first-order valence-corrected chi connectivity index (χ1v) is 7.41. The summed E-state index contributed by atoms with van der Waals surface area (Å²) in [6.45, 7) is 1.90. The second-order valence-electron chi connectivity index (χ2n) is 5.54. The number of hydrogen-bond donors (Lipinski definition) is 1. The molecule has 112 valence electrons. The van der Waals surface area contributed by atoms with Crippen molar-refractivity contribution >= 4 is 10.9 Å². The molecule has 1 heterocycles. The molecule has 1 aromatic heterocycles. The van der Waals surface area contributed by atoms with Gasteiger partial charge in [0.1, 0.15) is 0 Å². The van der Waals surface area contributed by atoms with Crippen molar-refractivity contribution in [3.63, 3.8) is 0 Å². The molecule has 1 N–H and O–H groups in total. The maximum absolute atomic E-state index is 11.4. The van der Waals surface area contributed by atoms with E-state index in [0.29, 0.717) is 6.42 Å². The van der Waals surface area contributed by atoms with E-state index in [-0.39, 0.29) is 11.5 Å². The number of rotatable bonds is 5. The zero-order valence-corrected chi connectivity index (χ0v) is 12.5. The number of nitrogens with one attached hydrogen (secondary N) is 1. The summed E-state index contributed by atoms with van der Waals surface area (Å²) >= 11 is 0. The molecule has 2 aromatic carbocycles. The number of nitro groups is 1. The number of para-hydroxylation sites is 1. The third-order valence-electron chi connectivity index (χ3n) is 4.43. The summed E-state index contributed by atoms with van der Waals surface area (Å²) in [4.78, 5) is 14.4. The van der Waals surface area contributed by atoms with E-state index in [2.05, 4.69) is 4.98 Å². The Morgan fingerprint density at radius 3 is 2.45 bits per heavy atom. The van der Waals surface area contributed by atoms with Crippen LogP contribution >= 0.6 is 0 Å². The van der Waals surface area contributed by atoms with Crippen molar-refractivity contribution in [1.82, 2.24) is 4.98 Å². The molecule has 1 atom stereocenters. The molecule has 0 aliphatic rings. The quantitative estimate of drug-likeness (QED) is 0.568. The van der Waals surface area contributed by atoms with Crippen molar-refractivity contribution in [2.75, 3.05) is 6.54 Å².